The third-order valence-corrected chi connectivity index (χ3v) is 2.91. The van der Waals surface area contributed by atoms with Crippen LogP contribution in [0.25, 0.3) is 0 Å². The molecule has 0 aliphatic heterocycles. The SMILES string of the molecule is COc1ccc(O)c(N=Nc2cc([N+](=O)[O-])cc([N+](=O)[O-])c2O)c1. The normalized spacial score (nSPS) is 10.7. The van der Waals surface area contributed by atoms with Crippen molar-refractivity contribution in [3.8, 4) is 17.2 Å². The van der Waals surface area contributed by atoms with Gasteiger partial charge in [-0.2, -0.15) is 0 Å². The van der Waals surface area contributed by atoms with Crippen molar-refractivity contribution in [3.63, 3.8) is 0 Å². The van der Waals surface area contributed by atoms with Gasteiger partial charge in [-0.3, -0.25) is 20.2 Å². The number of aromatic hydroxyl groups is 2. The first kappa shape index (κ1) is 16.6. The molecule has 0 bridgehead atoms. The van der Waals surface area contributed by atoms with Crippen molar-refractivity contribution in [3.05, 3.63) is 50.6 Å². The molecule has 0 atom stereocenters. The summed E-state index contributed by atoms with van der Waals surface area (Å²) in [5.41, 5.74) is -2.06. The summed E-state index contributed by atoms with van der Waals surface area (Å²) in [6.07, 6.45) is 0. The van der Waals surface area contributed by atoms with Crippen LogP contribution in [-0.2, 0) is 0 Å². The number of azo groups is 1. The first-order valence-corrected chi connectivity index (χ1v) is 6.28. The van der Waals surface area contributed by atoms with Gasteiger partial charge >= 0.3 is 5.69 Å². The van der Waals surface area contributed by atoms with Gasteiger partial charge < -0.3 is 14.9 Å². The molecule has 0 saturated heterocycles. The van der Waals surface area contributed by atoms with Gasteiger partial charge in [0.05, 0.1) is 23.0 Å². The number of ether oxygens (including phenoxy) is 1. The maximum atomic E-state index is 10.9. The van der Waals surface area contributed by atoms with Crippen molar-refractivity contribution in [1.29, 1.82) is 0 Å². The molecule has 0 aliphatic rings. The highest BCUT2D eigenvalue weighted by Crippen LogP contribution is 2.41. The Morgan fingerprint density at radius 3 is 2.25 bits per heavy atom. The van der Waals surface area contributed by atoms with Crippen LogP contribution in [0.15, 0.2) is 40.6 Å². The fourth-order valence-corrected chi connectivity index (χ4v) is 1.73. The molecular weight excluding hydrogens is 324 g/mol. The van der Waals surface area contributed by atoms with Crippen LogP contribution in [0.3, 0.4) is 0 Å². The molecule has 2 aromatic carbocycles. The largest absolute Gasteiger partial charge is 0.506 e. The average molecular weight is 334 g/mol. The lowest BCUT2D eigenvalue weighted by molar-refractivity contribution is -0.394. The van der Waals surface area contributed by atoms with Gasteiger partial charge in [-0.05, 0) is 12.1 Å². The summed E-state index contributed by atoms with van der Waals surface area (Å²) in [7, 11) is 1.39. The lowest BCUT2D eigenvalue weighted by atomic mass is 10.2. The molecule has 11 heteroatoms. The molecule has 124 valence electrons. The molecule has 2 rings (SSSR count). The van der Waals surface area contributed by atoms with Crippen LogP contribution in [0.5, 0.6) is 17.2 Å². The number of nitro groups is 2. The van der Waals surface area contributed by atoms with Gasteiger partial charge in [0.15, 0.2) is 0 Å². The van der Waals surface area contributed by atoms with Gasteiger partial charge in [-0.25, -0.2) is 0 Å². The molecule has 0 spiro atoms. The highest BCUT2D eigenvalue weighted by Gasteiger charge is 2.24. The van der Waals surface area contributed by atoms with E-state index in [9.17, 15) is 30.4 Å². The van der Waals surface area contributed by atoms with Gasteiger partial charge in [0, 0.05) is 12.1 Å². The molecule has 2 aromatic rings. The molecule has 0 aromatic heterocycles. The highest BCUT2D eigenvalue weighted by molar-refractivity contribution is 5.67. The van der Waals surface area contributed by atoms with E-state index in [1.807, 2.05) is 0 Å². The molecule has 0 heterocycles. The van der Waals surface area contributed by atoms with E-state index in [4.69, 9.17) is 4.74 Å². The van der Waals surface area contributed by atoms with Crippen LogP contribution in [-0.4, -0.2) is 27.2 Å². The number of methoxy groups -OCH3 is 1. The number of nitro benzene ring substituents is 2. The monoisotopic (exact) mass is 334 g/mol. The zero-order chi connectivity index (χ0) is 17.9. The number of rotatable bonds is 5. The van der Waals surface area contributed by atoms with Crippen molar-refractivity contribution in [2.24, 2.45) is 10.2 Å². The molecule has 0 aliphatic carbocycles. The van der Waals surface area contributed by atoms with E-state index >= 15 is 0 Å². The maximum Gasteiger partial charge on any atom is 0.319 e. The van der Waals surface area contributed by atoms with Crippen molar-refractivity contribution in [2.75, 3.05) is 7.11 Å². The van der Waals surface area contributed by atoms with E-state index in [1.165, 1.54) is 25.3 Å². The standard InChI is InChI=1S/C13H10N4O7/c1-24-8-2-3-12(18)9(6-8)14-15-10-4-7(16(20)21)5-11(13(10)19)17(22)23/h2-6,18-19H,1H3. The lowest BCUT2D eigenvalue weighted by Crippen LogP contribution is -1.93. The molecule has 2 N–H and O–H groups in total. The third-order valence-electron chi connectivity index (χ3n) is 2.91. The number of non-ortho nitro benzene ring substituents is 1. The summed E-state index contributed by atoms with van der Waals surface area (Å²) < 4.78 is 4.95. The van der Waals surface area contributed by atoms with E-state index in [-0.39, 0.29) is 11.4 Å². The zero-order valence-electron chi connectivity index (χ0n) is 12.1. The third kappa shape index (κ3) is 3.35. The van der Waals surface area contributed by atoms with Crippen molar-refractivity contribution in [1.82, 2.24) is 0 Å². The topological polar surface area (TPSA) is 161 Å². The quantitative estimate of drug-likeness (QED) is 0.481. The summed E-state index contributed by atoms with van der Waals surface area (Å²) in [6.45, 7) is 0. The summed E-state index contributed by atoms with van der Waals surface area (Å²) in [6, 6.07) is 5.50. The fraction of sp³-hybridized carbons (Fsp3) is 0.0769. The predicted octanol–water partition coefficient (Wildman–Crippen LogP) is 3.34. The number of hydrogen-bond donors (Lipinski definition) is 2. The number of benzene rings is 2. The van der Waals surface area contributed by atoms with Crippen LogP contribution in [0.4, 0.5) is 22.7 Å². The lowest BCUT2D eigenvalue weighted by Gasteiger charge is -2.03. The second-order valence-electron chi connectivity index (χ2n) is 4.40. The Kier molecular flexibility index (Phi) is 4.54. The van der Waals surface area contributed by atoms with Gasteiger partial charge in [0.1, 0.15) is 22.9 Å². The van der Waals surface area contributed by atoms with Crippen LogP contribution in [0.2, 0.25) is 0 Å². The molecule has 0 unspecified atom stereocenters. The smallest absolute Gasteiger partial charge is 0.319 e. The van der Waals surface area contributed by atoms with Crippen molar-refractivity contribution < 1.29 is 24.8 Å². The average Bonchev–Trinajstić information content (AvgIpc) is 2.54. The Bertz CT molecular complexity index is 850. The first-order chi connectivity index (χ1) is 11.3. The molecular formula is C13H10N4O7. The Labute approximate surface area is 133 Å². The fourth-order valence-electron chi connectivity index (χ4n) is 1.73. The molecule has 11 nitrogen and oxygen atoms in total. The number of phenolic OH excluding ortho intramolecular Hbond substituents is 2. The Balaban J connectivity index is 2.52. The van der Waals surface area contributed by atoms with Crippen molar-refractivity contribution in [2.45, 2.75) is 0 Å². The summed E-state index contributed by atoms with van der Waals surface area (Å²) in [5.74, 6) is -0.785. The minimum absolute atomic E-state index is 0.0529. The Morgan fingerprint density at radius 1 is 1.00 bits per heavy atom. The van der Waals surface area contributed by atoms with E-state index in [0.717, 1.165) is 6.07 Å². The Hall–Kier alpha value is -3.76. The summed E-state index contributed by atoms with van der Waals surface area (Å²) >= 11 is 0. The molecule has 0 radical (unpaired) electrons. The van der Waals surface area contributed by atoms with E-state index in [0.29, 0.717) is 11.8 Å². The van der Waals surface area contributed by atoms with Gasteiger partial charge in [-0.15, -0.1) is 10.2 Å². The van der Waals surface area contributed by atoms with Gasteiger partial charge in [0.2, 0.25) is 5.75 Å². The van der Waals surface area contributed by atoms with Crippen molar-refractivity contribution >= 4 is 22.7 Å². The molecule has 0 saturated carbocycles. The number of nitrogens with zero attached hydrogens (tertiary/aromatic N) is 4. The van der Waals surface area contributed by atoms with Crippen LogP contribution in [0, 0.1) is 20.2 Å². The maximum absolute atomic E-state index is 10.9. The molecule has 24 heavy (non-hydrogen) atoms. The van der Waals surface area contributed by atoms with Gasteiger partial charge in [0.25, 0.3) is 5.69 Å². The number of phenols is 2. The van der Waals surface area contributed by atoms with E-state index in [2.05, 4.69) is 10.2 Å². The minimum Gasteiger partial charge on any atom is -0.506 e. The van der Waals surface area contributed by atoms with Gasteiger partial charge in [-0.1, -0.05) is 0 Å². The summed E-state index contributed by atoms with van der Waals surface area (Å²) in [4.78, 5) is 19.8. The van der Waals surface area contributed by atoms with Crippen LogP contribution < -0.4 is 4.74 Å². The number of hydrogen-bond acceptors (Lipinski definition) is 9. The minimum atomic E-state index is -0.982. The van der Waals surface area contributed by atoms with E-state index < -0.39 is 32.7 Å². The van der Waals surface area contributed by atoms with E-state index in [1.54, 1.807) is 0 Å². The first-order valence-electron chi connectivity index (χ1n) is 6.28. The predicted molar refractivity (Wildman–Crippen MR) is 80.3 cm³/mol. The summed E-state index contributed by atoms with van der Waals surface area (Å²) in [5, 5.41) is 48.3. The van der Waals surface area contributed by atoms with Crippen LogP contribution >= 0.6 is 0 Å². The second kappa shape index (κ2) is 6.56. The Morgan fingerprint density at radius 2 is 1.67 bits per heavy atom. The second-order valence-corrected chi connectivity index (χ2v) is 4.40. The van der Waals surface area contributed by atoms with Crippen LogP contribution in [0.1, 0.15) is 0 Å². The molecule has 0 fully saturated rings. The molecule has 0 amide bonds. The highest BCUT2D eigenvalue weighted by atomic mass is 16.6. The zero-order valence-corrected chi connectivity index (χ0v) is 12.1.